The highest BCUT2D eigenvalue weighted by molar-refractivity contribution is 5.82. The number of piperidine rings is 1. The number of hydrogen-bond acceptors (Lipinski definition) is 3. The molecule has 1 saturated carbocycles. The number of carbonyl (C=O) groups excluding carboxylic acids is 1. The van der Waals surface area contributed by atoms with Crippen LogP contribution in [0, 0.1) is 5.41 Å². The summed E-state index contributed by atoms with van der Waals surface area (Å²) in [5.74, 6) is 0.253. The summed E-state index contributed by atoms with van der Waals surface area (Å²) >= 11 is 0. The third kappa shape index (κ3) is 2.86. The minimum Gasteiger partial charge on any atom is -0.375 e. The van der Waals surface area contributed by atoms with Crippen LogP contribution in [0.2, 0.25) is 0 Å². The van der Waals surface area contributed by atoms with Gasteiger partial charge in [0.1, 0.15) is 6.04 Å². The highest BCUT2D eigenvalue weighted by Gasteiger charge is 2.39. The molecule has 3 rings (SSSR count). The van der Waals surface area contributed by atoms with Gasteiger partial charge in [-0.2, -0.15) is 0 Å². The number of nitrogens with zero attached hydrogens (tertiary/aromatic N) is 1. The Labute approximate surface area is 122 Å². The number of rotatable bonds is 1. The minimum absolute atomic E-state index is 0.00168. The molecule has 1 spiro atoms. The molecule has 3 fully saturated rings. The largest absolute Gasteiger partial charge is 0.375 e. The molecule has 0 aromatic carbocycles. The number of likely N-dealkylation sites (tertiary alicyclic amines) is 1. The summed E-state index contributed by atoms with van der Waals surface area (Å²) in [5, 5.41) is 3.32. The lowest BCUT2D eigenvalue weighted by atomic mass is 9.68. The van der Waals surface area contributed by atoms with Crippen LogP contribution in [-0.2, 0) is 9.53 Å². The smallest absolute Gasteiger partial charge is 0.242 e. The van der Waals surface area contributed by atoms with Crippen molar-refractivity contribution in [1.82, 2.24) is 10.2 Å². The number of amides is 1. The fraction of sp³-hybridized carbons (Fsp3) is 0.938. The van der Waals surface area contributed by atoms with Crippen molar-refractivity contribution >= 4 is 5.91 Å². The summed E-state index contributed by atoms with van der Waals surface area (Å²) in [6, 6.07) is -0.135. The number of nitrogens with one attached hydrogen (secondary N) is 1. The molecular weight excluding hydrogens is 252 g/mol. The third-order valence-electron chi connectivity index (χ3n) is 5.63. The maximum Gasteiger partial charge on any atom is 0.242 e. The van der Waals surface area contributed by atoms with Gasteiger partial charge >= 0.3 is 0 Å². The molecule has 0 radical (unpaired) electrons. The predicted octanol–water partition coefficient (Wildman–Crippen LogP) is 1.94. The molecule has 0 unspecified atom stereocenters. The summed E-state index contributed by atoms with van der Waals surface area (Å²) in [6.07, 6.45) is 9.38. The lowest BCUT2D eigenvalue weighted by molar-refractivity contribution is -0.142. The van der Waals surface area contributed by atoms with Gasteiger partial charge in [0.25, 0.3) is 0 Å². The van der Waals surface area contributed by atoms with Gasteiger partial charge < -0.3 is 15.0 Å². The van der Waals surface area contributed by atoms with E-state index in [-0.39, 0.29) is 18.1 Å². The van der Waals surface area contributed by atoms with Gasteiger partial charge in [0, 0.05) is 19.6 Å². The van der Waals surface area contributed by atoms with Crippen LogP contribution in [0.1, 0.15) is 51.9 Å². The van der Waals surface area contributed by atoms with Crippen LogP contribution >= 0.6 is 0 Å². The van der Waals surface area contributed by atoms with Crippen molar-refractivity contribution in [1.29, 1.82) is 0 Å². The second-order valence-electron chi connectivity index (χ2n) is 6.89. The first-order chi connectivity index (χ1) is 9.70. The summed E-state index contributed by atoms with van der Waals surface area (Å²) in [7, 11) is 0. The molecule has 2 saturated heterocycles. The molecule has 3 aliphatic rings. The summed E-state index contributed by atoms with van der Waals surface area (Å²) in [6.45, 7) is 5.40. The Morgan fingerprint density at radius 2 is 1.85 bits per heavy atom. The SMILES string of the molecule is C[C@H]1OCCN[C@@H]1C(=O)N1CCC2(CCCCC2)CC1. The molecule has 4 heteroatoms. The Bertz CT molecular complexity index is 342. The lowest BCUT2D eigenvalue weighted by Crippen LogP contribution is -2.58. The van der Waals surface area contributed by atoms with E-state index in [9.17, 15) is 4.79 Å². The molecule has 4 nitrogen and oxygen atoms in total. The topological polar surface area (TPSA) is 41.6 Å². The van der Waals surface area contributed by atoms with Crippen LogP contribution in [0.5, 0.6) is 0 Å². The zero-order chi connectivity index (χ0) is 14.0. The van der Waals surface area contributed by atoms with Crippen molar-refractivity contribution in [3.8, 4) is 0 Å². The molecule has 2 heterocycles. The first-order valence-electron chi connectivity index (χ1n) is 8.34. The summed E-state index contributed by atoms with van der Waals surface area (Å²) < 4.78 is 5.60. The molecule has 2 atom stereocenters. The predicted molar refractivity (Wildman–Crippen MR) is 78.5 cm³/mol. The summed E-state index contributed by atoms with van der Waals surface area (Å²) in [4.78, 5) is 14.7. The van der Waals surface area contributed by atoms with Crippen molar-refractivity contribution in [3.05, 3.63) is 0 Å². The number of hydrogen-bond donors (Lipinski definition) is 1. The highest BCUT2D eigenvalue weighted by Crippen LogP contribution is 2.44. The van der Waals surface area contributed by atoms with Gasteiger partial charge in [-0.3, -0.25) is 4.79 Å². The first kappa shape index (κ1) is 14.3. The van der Waals surface area contributed by atoms with Crippen molar-refractivity contribution in [2.45, 2.75) is 64.0 Å². The van der Waals surface area contributed by atoms with Gasteiger partial charge in [-0.1, -0.05) is 19.3 Å². The van der Waals surface area contributed by atoms with E-state index in [0.717, 1.165) is 19.6 Å². The average Bonchev–Trinajstić information content (AvgIpc) is 2.49. The molecule has 1 aliphatic carbocycles. The van der Waals surface area contributed by atoms with Gasteiger partial charge in [0.05, 0.1) is 12.7 Å². The number of carbonyl (C=O) groups is 1. The van der Waals surface area contributed by atoms with E-state index in [1.54, 1.807) is 0 Å². The van der Waals surface area contributed by atoms with E-state index in [1.165, 1.54) is 44.9 Å². The van der Waals surface area contributed by atoms with Crippen molar-refractivity contribution in [3.63, 3.8) is 0 Å². The zero-order valence-corrected chi connectivity index (χ0v) is 12.7. The maximum atomic E-state index is 12.6. The fourth-order valence-electron chi connectivity index (χ4n) is 4.21. The van der Waals surface area contributed by atoms with E-state index in [4.69, 9.17) is 4.74 Å². The quantitative estimate of drug-likeness (QED) is 0.798. The van der Waals surface area contributed by atoms with Crippen LogP contribution in [0.15, 0.2) is 0 Å². The Morgan fingerprint density at radius 1 is 1.15 bits per heavy atom. The Kier molecular flexibility index (Phi) is 4.32. The van der Waals surface area contributed by atoms with E-state index in [2.05, 4.69) is 10.2 Å². The van der Waals surface area contributed by atoms with Crippen LogP contribution in [0.4, 0.5) is 0 Å². The Morgan fingerprint density at radius 3 is 2.50 bits per heavy atom. The molecule has 1 amide bonds. The minimum atomic E-state index is -0.135. The van der Waals surface area contributed by atoms with Crippen molar-refractivity contribution in [2.24, 2.45) is 5.41 Å². The zero-order valence-electron chi connectivity index (χ0n) is 12.7. The summed E-state index contributed by atoms with van der Waals surface area (Å²) in [5.41, 5.74) is 0.567. The molecule has 2 aliphatic heterocycles. The van der Waals surface area contributed by atoms with Gasteiger partial charge in [0.15, 0.2) is 0 Å². The van der Waals surface area contributed by atoms with Crippen LogP contribution in [0.3, 0.4) is 0 Å². The van der Waals surface area contributed by atoms with Crippen LogP contribution in [-0.4, -0.2) is 49.2 Å². The van der Waals surface area contributed by atoms with Gasteiger partial charge in [-0.05, 0) is 38.0 Å². The molecule has 0 aromatic rings. The molecular formula is C16H28N2O2. The normalized spacial score (nSPS) is 34.1. The van der Waals surface area contributed by atoms with Gasteiger partial charge in [-0.25, -0.2) is 0 Å². The highest BCUT2D eigenvalue weighted by atomic mass is 16.5. The van der Waals surface area contributed by atoms with E-state index in [1.807, 2.05) is 6.92 Å². The second kappa shape index (κ2) is 6.02. The number of morpholine rings is 1. The average molecular weight is 280 g/mol. The van der Waals surface area contributed by atoms with Crippen molar-refractivity contribution < 1.29 is 9.53 Å². The molecule has 0 aromatic heterocycles. The standard InChI is InChI=1S/C16H28N2O2/c1-13-14(17-9-12-20-13)15(19)18-10-7-16(8-11-18)5-3-2-4-6-16/h13-14,17H,2-12H2,1H3/t13-,14+/m1/s1. The Hall–Kier alpha value is -0.610. The Balaban J connectivity index is 1.55. The third-order valence-corrected chi connectivity index (χ3v) is 5.63. The molecule has 20 heavy (non-hydrogen) atoms. The maximum absolute atomic E-state index is 12.6. The second-order valence-corrected chi connectivity index (χ2v) is 6.89. The van der Waals surface area contributed by atoms with Gasteiger partial charge in [-0.15, -0.1) is 0 Å². The number of ether oxygens (including phenoxy) is 1. The molecule has 1 N–H and O–H groups in total. The fourth-order valence-corrected chi connectivity index (χ4v) is 4.21. The van der Waals surface area contributed by atoms with Gasteiger partial charge in [0.2, 0.25) is 5.91 Å². The van der Waals surface area contributed by atoms with E-state index >= 15 is 0 Å². The van der Waals surface area contributed by atoms with E-state index in [0.29, 0.717) is 12.0 Å². The first-order valence-corrected chi connectivity index (χ1v) is 8.34. The van der Waals surface area contributed by atoms with E-state index < -0.39 is 0 Å². The molecule has 0 bridgehead atoms. The lowest BCUT2D eigenvalue weighted by Gasteiger charge is -2.45. The van der Waals surface area contributed by atoms with Crippen LogP contribution in [0.25, 0.3) is 0 Å². The molecule has 114 valence electrons. The monoisotopic (exact) mass is 280 g/mol. The van der Waals surface area contributed by atoms with Crippen LogP contribution < -0.4 is 5.32 Å². The van der Waals surface area contributed by atoms with Crippen molar-refractivity contribution in [2.75, 3.05) is 26.2 Å².